The molecule has 2 N–H and O–H groups in total. The number of aromatic nitrogens is 2. The number of fused-ring (bicyclic) bond motifs is 3. The Morgan fingerprint density at radius 1 is 1.04 bits per heavy atom. The van der Waals surface area contributed by atoms with Crippen molar-refractivity contribution in [2.24, 2.45) is 5.73 Å². The molecule has 4 heteroatoms. The lowest BCUT2D eigenvalue weighted by Crippen LogP contribution is -2.15. The van der Waals surface area contributed by atoms with Gasteiger partial charge < -0.3 is 5.73 Å². The van der Waals surface area contributed by atoms with Crippen LogP contribution in [-0.4, -0.2) is 15.7 Å². The van der Waals surface area contributed by atoms with Gasteiger partial charge >= 0.3 is 0 Å². The summed E-state index contributed by atoms with van der Waals surface area (Å²) in [6, 6.07) is 14.6. The topological polar surface area (TPSA) is 60.9 Å². The molecule has 0 bridgehead atoms. The van der Waals surface area contributed by atoms with Crippen molar-refractivity contribution < 1.29 is 4.79 Å². The molecule has 2 aromatic carbocycles. The van der Waals surface area contributed by atoms with Crippen molar-refractivity contribution in [2.45, 2.75) is 26.7 Å². The van der Waals surface area contributed by atoms with Gasteiger partial charge in [0, 0.05) is 11.1 Å². The summed E-state index contributed by atoms with van der Waals surface area (Å²) in [7, 11) is 0. The van der Waals surface area contributed by atoms with Crippen LogP contribution in [0.1, 0.15) is 32.7 Å². The summed E-state index contributed by atoms with van der Waals surface area (Å²) < 4.78 is 1.87. The molecule has 0 saturated heterocycles. The predicted octanol–water partition coefficient (Wildman–Crippen LogP) is 3.35. The Bertz CT molecular complexity index is 952. The minimum Gasteiger partial charge on any atom is -0.364 e. The molecule has 0 atom stereocenters. The molecule has 1 heterocycles. The average Bonchev–Trinajstić information content (AvgIpc) is 2.96. The van der Waals surface area contributed by atoms with E-state index in [1.807, 2.05) is 28.9 Å². The van der Waals surface area contributed by atoms with Gasteiger partial charge in [-0.05, 0) is 50.5 Å². The summed E-state index contributed by atoms with van der Waals surface area (Å²) in [5, 5.41) is 4.56. The van der Waals surface area contributed by atoms with Gasteiger partial charge in [-0.2, -0.15) is 5.10 Å². The molecule has 0 saturated carbocycles. The Morgan fingerprint density at radius 3 is 2.46 bits per heavy atom. The monoisotopic (exact) mass is 317 g/mol. The Hall–Kier alpha value is -2.88. The smallest absolute Gasteiger partial charge is 0.269 e. The highest BCUT2D eigenvalue weighted by Gasteiger charge is 2.27. The number of carbonyl (C=O) groups is 1. The van der Waals surface area contributed by atoms with Crippen LogP contribution < -0.4 is 5.73 Å². The van der Waals surface area contributed by atoms with E-state index in [1.54, 1.807) is 0 Å². The van der Waals surface area contributed by atoms with Gasteiger partial charge in [0.05, 0.1) is 11.4 Å². The van der Waals surface area contributed by atoms with Gasteiger partial charge in [-0.15, -0.1) is 0 Å². The minimum atomic E-state index is -0.465. The summed E-state index contributed by atoms with van der Waals surface area (Å²) >= 11 is 0. The van der Waals surface area contributed by atoms with E-state index in [-0.39, 0.29) is 0 Å². The highest BCUT2D eigenvalue weighted by Crippen LogP contribution is 2.37. The van der Waals surface area contributed by atoms with E-state index >= 15 is 0 Å². The summed E-state index contributed by atoms with van der Waals surface area (Å²) in [5.41, 5.74) is 13.7. The quantitative estimate of drug-likeness (QED) is 0.788. The lowest BCUT2D eigenvalue weighted by atomic mass is 9.87. The number of aryl methyl sites for hydroxylation is 3. The van der Waals surface area contributed by atoms with Crippen LogP contribution in [0.2, 0.25) is 0 Å². The molecule has 4 nitrogen and oxygen atoms in total. The van der Waals surface area contributed by atoms with Crippen molar-refractivity contribution in [3.63, 3.8) is 0 Å². The van der Waals surface area contributed by atoms with Crippen molar-refractivity contribution in [1.29, 1.82) is 0 Å². The van der Waals surface area contributed by atoms with Gasteiger partial charge in [0.15, 0.2) is 5.69 Å². The van der Waals surface area contributed by atoms with Gasteiger partial charge in [-0.25, -0.2) is 4.68 Å². The average molecular weight is 317 g/mol. The molecule has 1 aliphatic rings. The highest BCUT2D eigenvalue weighted by molar-refractivity contribution is 5.95. The molecular formula is C20H19N3O. The highest BCUT2D eigenvalue weighted by atomic mass is 16.1. The van der Waals surface area contributed by atoms with E-state index in [9.17, 15) is 4.79 Å². The molecular weight excluding hydrogens is 298 g/mol. The number of benzene rings is 2. The Kier molecular flexibility index (Phi) is 3.27. The number of primary amides is 1. The van der Waals surface area contributed by atoms with Crippen molar-refractivity contribution in [3.8, 4) is 16.9 Å². The fourth-order valence-electron chi connectivity index (χ4n) is 3.42. The molecule has 1 aromatic heterocycles. The van der Waals surface area contributed by atoms with Gasteiger partial charge in [-0.3, -0.25) is 4.79 Å². The normalized spacial score (nSPS) is 12.6. The summed E-state index contributed by atoms with van der Waals surface area (Å²) in [4.78, 5) is 11.9. The standard InChI is InChI=1S/C20H19N3O/c1-12-4-8-15(9-5-12)23-19-16(18(22-23)20(21)24)10-7-14-6-3-13(2)11-17(14)19/h3-6,8-9,11H,7,10H2,1-2H3,(H2,21,24). The third-order valence-electron chi connectivity index (χ3n) is 4.66. The van der Waals surface area contributed by atoms with Crippen molar-refractivity contribution >= 4 is 5.91 Å². The molecule has 120 valence electrons. The van der Waals surface area contributed by atoms with Gasteiger partial charge in [0.1, 0.15) is 0 Å². The van der Waals surface area contributed by atoms with Crippen LogP contribution in [0.15, 0.2) is 42.5 Å². The van der Waals surface area contributed by atoms with E-state index in [0.29, 0.717) is 5.69 Å². The fraction of sp³-hybridized carbons (Fsp3) is 0.200. The first-order valence-electron chi connectivity index (χ1n) is 8.13. The molecule has 0 aliphatic heterocycles. The van der Waals surface area contributed by atoms with E-state index in [0.717, 1.165) is 35.3 Å². The SMILES string of the molecule is Cc1ccc(-n2nc(C(N)=O)c3c2-c2cc(C)ccc2CC3)cc1. The molecule has 3 aromatic rings. The first-order chi connectivity index (χ1) is 11.5. The number of carbonyl (C=O) groups excluding carboxylic acids is 1. The number of nitrogens with two attached hydrogens (primary N) is 1. The lowest BCUT2D eigenvalue weighted by Gasteiger charge is -2.19. The molecule has 0 spiro atoms. The van der Waals surface area contributed by atoms with Crippen LogP contribution in [0.4, 0.5) is 0 Å². The Balaban J connectivity index is 2.02. The van der Waals surface area contributed by atoms with Crippen LogP contribution in [0.25, 0.3) is 16.9 Å². The van der Waals surface area contributed by atoms with Crippen LogP contribution in [-0.2, 0) is 12.8 Å². The van der Waals surface area contributed by atoms with Crippen LogP contribution in [0, 0.1) is 13.8 Å². The molecule has 0 fully saturated rings. The van der Waals surface area contributed by atoms with Gasteiger partial charge in [-0.1, -0.05) is 35.4 Å². The maximum atomic E-state index is 11.9. The fourth-order valence-corrected chi connectivity index (χ4v) is 3.42. The third-order valence-corrected chi connectivity index (χ3v) is 4.66. The minimum absolute atomic E-state index is 0.387. The second-order valence-corrected chi connectivity index (χ2v) is 6.45. The van der Waals surface area contributed by atoms with Crippen LogP contribution >= 0.6 is 0 Å². The number of hydrogen-bond acceptors (Lipinski definition) is 2. The van der Waals surface area contributed by atoms with Crippen molar-refractivity contribution in [2.75, 3.05) is 0 Å². The molecule has 24 heavy (non-hydrogen) atoms. The van der Waals surface area contributed by atoms with Crippen molar-refractivity contribution in [3.05, 3.63) is 70.4 Å². The number of hydrogen-bond donors (Lipinski definition) is 1. The first-order valence-corrected chi connectivity index (χ1v) is 8.13. The second-order valence-electron chi connectivity index (χ2n) is 6.45. The van der Waals surface area contributed by atoms with Gasteiger partial charge in [0.2, 0.25) is 0 Å². The lowest BCUT2D eigenvalue weighted by molar-refractivity contribution is 0.0994. The summed E-state index contributed by atoms with van der Waals surface area (Å²) in [6.07, 6.45) is 1.69. The van der Waals surface area contributed by atoms with E-state index in [2.05, 4.69) is 37.1 Å². The van der Waals surface area contributed by atoms with E-state index in [4.69, 9.17) is 5.73 Å². The Morgan fingerprint density at radius 2 is 1.75 bits per heavy atom. The zero-order valence-electron chi connectivity index (χ0n) is 13.8. The second kappa shape index (κ2) is 5.34. The molecule has 0 unspecified atom stereocenters. The third kappa shape index (κ3) is 2.22. The van der Waals surface area contributed by atoms with E-state index in [1.165, 1.54) is 16.7 Å². The van der Waals surface area contributed by atoms with Gasteiger partial charge in [0.25, 0.3) is 5.91 Å². The van der Waals surface area contributed by atoms with Crippen LogP contribution in [0.5, 0.6) is 0 Å². The predicted molar refractivity (Wildman–Crippen MR) is 94.4 cm³/mol. The molecule has 1 aliphatic carbocycles. The zero-order chi connectivity index (χ0) is 16.8. The number of amides is 1. The first kappa shape index (κ1) is 14.7. The maximum absolute atomic E-state index is 11.9. The molecule has 0 radical (unpaired) electrons. The van der Waals surface area contributed by atoms with Crippen molar-refractivity contribution in [1.82, 2.24) is 9.78 Å². The zero-order valence-corrected chi connectivity index (χ0v) is 13.8. The number of nitrogens with zero attached hydrogens (tertiary/aromatic N) is 2. The molecule has 1 amide bonds. The summed E-state index contributed by atoms with van der Waals surface area (Å²) in [5.74, 6) is -0.465. The summed E-state index contributed by atoms with van der Waals surface area (Å²) in [6.45, 7) is 4.13. The Labute approximate surface area is 140 Å². The van der Waals surface area contributed by atoms with Crippen LogP contribution in [0.3, 0.4) is 0 Å². The maximum Gasteiger partial charge on any atom is 0.269 e. The van der Waals surface area contributed by atoms with E-state index < -0.39 is 5.91 Å². The molecule has 4 rings (SSSR count). The largest absolute Gasteiger partial charge is 0.364 e. The number of rotatable bonds is 2.